The lowest BCUT2D eigenvalue weighted by Crippen LogP contribution is -2.60. The van der Waals surface area contributed by atoms with Gasteiger partial charge in [-0.15, -0.1) is 0 Å². The lowest BCUT2D eigenvalue weighted by Gasteiger charge is -2.45. The summed E-state index contributed by atoms with van der Waals surface area (Å²) in [5.41, 5.74) is -3.56. The molecule has 16 heteroatoms. The molecule has 0 radical (unpaired) electrons. The molecule has 252 valence electrons. The zero-order chi connectivity index (χ0) is 32.7. The Morgan fingerprint density at radius 2 is 1.64 bits per heavy atom. The van der Waals surface area contributed by atoms with E-state index in [1.54, 1.807) is 0 Å². The topological polar surface area (TPSA) is 71.6 Å². The monoisotopic (exact) mass is 675 g/mol. The summed E-state index contributed by atoms with van der Waals surface area (Å²) in [6.07, 6.45) is 0.400. The number of hydrogen-bond donors (Lipinski definition) is 3. The van der Waals surface area contributed by atoms with E-state index in [9.17, 15) is 41.8 Å². The number of carbonyl (C=O) groups is 1. The van der Waals surface area contributed by atoms with Gasteiger partial charge in [0, 0.05) is 18.5 Å². The zero-order valence-electron chi connectivity index (χ0n) is 24.0. The molecule has 2 aromatic rings. The van der Waals surface area contributed by atoms with Crippen LogP contribution in [0.2, 0.25) is 0 Å². The fraction of sp³-hybridized carbons (Fsp3) is 0.552. The second-order valence-corrected chi connectivity index (χ2v) is 14.3. The highest BCUT2D eigenvalue weighted by Crippen LogP contribution is 3.02. The van der Waals surface area contributed by atoms with Gasteiger partial charge in [-0.1, -0.05) is 76.2 Å². The lowest BCUT2D eigenvalue weighted by atomic mass is 9.79. The number of hydrogen-bond acceptors (Lipinski definition) is 4. The molecule has 4 atom stereocenters. The molecule has 45 heavy (non-hydrogen) atoms. The van der Waals surface area contributed by atoms with Crippen LogP contribution < -0.4 is 20.7 Å². The fourth-order valence-electron chi connectivity index (χ4n) is 6.44. The summed E-state index contributed by atoms with van der Waals surface area (Å²) < 4.78 is 133. The number of alkyl halides is 3. The molecule has 6 nitrogen and oxygen atoms in total. The quantitative estimate of drug-likeness (QED) is 0.202. The average Bonchev–Trinajstić information content (AvgIpc) is 3.19. The number of piperidine rings is 1. The van der Waals surface area contributed by atoms with Crippen molar-refractivity contribution in [1.29, 1.82) is 0 Å². The van der Waals surface area contributed by atoms with Crippen molar-refractivity contribution < 1.29 is 51.3 Å². The zero-order valence-corrected chi connectivity index (χ0v) is 24.8. The fourth-order valence-corrected chi connectivity index (χ4v) is 7.09. The van der Waals surface area contributed by atoms with Gasteiger partial charge in [-0.05, 0) is 42.5 Å². The number of halogens is 9. The van der Waals surface area contributed by atoms with Crippen LogP contribution in [0, 0.1) is 17.7 Å². The molecule has 2 saturated heterocycles. The van der Waals surface area contributed by atoms with Gasteiger partial charge >= 0.3 is 22.4 Å². The molecule has 3 aliphatic rings. The van der Waals surface area contributed by atoms with E-state index < -0.39 is 56.7 Å². The Bertz CT molecular complexity index is 1400. The van der Waals surface area contributed by atoms with Gasteiger partial charge in [0.15, 0.2) is 11.8 Å². The normalized spacial score (nSPS) is 28.2. The Hall–Kier alpha value is -2.85. The van der Waals surface area contributed by atoms with E-state index in [0.717, 1.165) is 38.5 Å². The van der Waals surface area contributed by atoms with Crippen LogP contribution in [-0.4, -0.2) is 37.6 Å². The Morgan fingerprint density at radius 1 is 0.978 bits per heavy atom. The van der Waals surface area contributed by atoms with Crippen molar-refractivity contribution in [3.63, 3.8) is 0 Å². The predicted molar refractivity (Wildman–Crippen MR) is 150 cm³/mol. The van der Waals surface area contributed by atoms with Crippen molar-refractivity contribution in [1.82, 2.24) is 10.6 Å². The highest BCUT2D eigenvalue weighted by Gasteiger charge is 2.65. The van der Waals surface area contributed by atoms with E-state index in [1.165, 1.54) is 24.3 Å². The van der Waals surface area contributed by atoms with Gasteiger partial charge in [0.25, 0.3) is 0 Å². The Labute approximate surface area is 254 Å². The molecular weight excluding hydrogens is 641 g/mol. The minimum Gasteiger partial charge on any atom is -0.473 e. The first-order valence-corrected chi connectivity index (χ1v) is 16.6. The first-order valence-electron chi connectivity index (χ1n) is 14.7. The Morgan fingerprint density at radius 3 is 2.22 bits per heavy atom. The van der Waals surface area contributed by atoms with Gasteiger partial charge in [-0.2, -0.15) is 13.2 Å². The van der Waals surface area contributed by atoms with Gasteiger partial charge in [0.1, 0.15) is 16.5 Å². The molecule has 2 amide bonds. The second kappa shape index (κ2) is 11.4. The van der Waals surface area contributed by atoms with Crippen LogP contribution in [0.1, 0.15) is 56.9 Å². The van der Waals surface area contributed by atoms with E-state index in [2.05, 4.69) is 10.6 Å². The van der Waals surface area contributed by atoms with Crippen molar-refractivity contribution in [3.05, 3.63) is 53.8 Å². The van der Waals surface area contributed by atoms with Gasteiger partial charge in [-0.25, -0.2) is 9.18 Å². The summed E-state index contributed by atoms with van der Waals surface area (Å²) in [5, 5.41) is 7.84. The van der Waals surface area contributed by atoms with Crippen molar-refractivity contribution in [2.45, 2.75) is 80.3 Å². The summed E-state index contributed by atoms with van der Waals surface area (Å²) in [4.78, 5) is 10.5. The van der Waals surface area contributed by atoms with Crippen molar-refractivity contribution >= 4 is 21.9 Å². The second-order valence-electron chi connectivity index (χ2n) is 11.9. The third-order valence-electron chi connectivity index (χ3n) is 8.86. The van der Waals surface area contributed by atoms with Crippen LogP contribution in [0.3, 0.4) is 0 Å². The van der Waals surface area contributed by atoms with Gasteiger partial charge < -0.3 is 20.1 Å². The summed E-state index contributed by atoms with van der Waals surface area (Å²) in [6.45, 7) is 0.352. The van der Waals surface area contributed by atoms with Gasteiger partial charge in [0.05, 0.1) is 18.3 Å². The van der Waals surface area contributed by atoms with Gasteiger partial charge in [-0.3, -0.25) is 5.32 Å². The molecule has 2 aromatic carbocycles. The van der Waals surface area contributed by atoms with Crippen molar-refractivity contribution in [2.75, 3.05) is 18.5 Å². The molecule has 3 N–H and O–H groups in total. The summed E-state index contributed by atoms with van der Waals surface area (Å²) >= 11 is 0. The average molecular weight is 676 g/mol. The van der Waals surface area contributed by atoms with Crippen molar-refractivity contribution in [2.24, 2.45) is 11.8 Å². The van der Waals surface area contributed by atoms with Crippen LogP contribution in [0.15, 0.2) is 47.4 Å². The van der Waals surface area contributed by atoms with E-state index in [-0.39, 0.29) is 42.4 Å². The highest BCUT2D eigenvalue weighted by molar-refractivity contribution is 8.45. The number of anilines is 1. The maximum atomic E-state index is 14.5. The van der Waals surface area contributed by atoms with E-state index in [4.69, 9.17) is 9.47 Å². The Kier molecular flexibility index (Phi) is 8.52. The number of carbonyl (C=O) groups excluding carboxylic acids is 1. The molecule has 5 rings (SSSR count). The molecular formula is C29H34F9N3O3S. The summed E-state index contributed by atoms with van der Waals surface area (Å²) in [7, 11) is -10.2. The minimum atomic E-state index is -10.2. The SMILES string of the molecule is O=C(Nc1ccc(S(F)(F)(F)(F)F)cc1F)NC1CC(C2CCCCCC2)CNC1Oc1ccccc1C1(C(F)(F)F)CCO1. The molecule has 2 heterocycles. The van der Waals surface area contributed by atoms with Crippen LogP contribution in [0.25, 0.3) is 0 Å². The van der Waals surface area contributed by atoms with E-state index >= 15 is 0 Å². The maximum absolute atomic E-state index is 14.5. The lowest BCUT2D eigenvalue weighted by molar-refractivity contribution is -0.334. The number of benzene rings is 2. The molecule has 0 aromatic heterocycles. The number of para-hydroxylation sites is 1. The number of rotatable bonds is 7. The first kappa shape index (κ1) is 33.5. The molecule has 1 saturated carbocycles. The number of nitrogens with one attached hydrogen (secondary N) is 3. The molecule has 1 aliphatic carbocycles. The van der Waals surface area contributed by atoms with Crippen LogP contribution in [0.4, 0.5) is 47.5 Å². The molecule has 2 aliphatic heterocycles. The van der Waals surface area contributed by atoms with Crippen molar-refractivity contribution in [3.8, 4) is 5.75 Å². The van der Waals surface area contributed by atoms with Gasteiger partial charge in [0.2, 0.25) is 0 Å². The summed E-state index contributed by atoms with van der Waals surface area (Å²) in [6, 6.07) is 3.56. The van der Waals surface area contributed by atoms with Crippen LogP contribution >= 0.6 is 10.2 Å². The van der Waals surface area contributed by atoms with E-state index in [0.29, 0.717) is 24.9 Å². The van der Waals surface area contributed by atoms with E-state index in [1.807, 2.05) is 5.32 Å². The predicted octanol–water partition coefficient (Wildman–Crippen LogP) is 9.14. The minimum absolute atomic E-state index is 0.0215. The largest absolute Gasteiger partial charge is 0.473 e. The molecule has 0 spiro atoms. The number of ether oxygens (including phenoxy) is 2. The first-order chi connectivity index (χ1) is 20.9. The Balaban J connectivity index is 1.37. The third kappa shape index (κ3) is 7.43. The molecule has 3 fully saturated rings. The van der Waals surface area contributed by atoms with Crippen LogP contribution in [-0.2, 0) is 10.3 Å². The third-order valence-corrected chi connectivity index (χ3v) is 10.0. The standard InChI is InChI=1S/C29H34F9N3O3S/c30-22-16-20(45(34,35,36,37)38)11-12-23(22)40-27(42)41-24-15-19(18-7-3-1-2-4-8-18)17-39-26(24)44-25-10-6-5-9-21(25)28(13-14-43-28)29(31,32)33/h5-6,9-12,16,18-19,24,26,39H,1-4,7-8,13-15,17H2,(H2,40,41,42). The summed E-state index contributed by atoms with van der Waals surface area (Å²) in [5.74, 6) is -1.50. The smallest absolute Gasteiger partial charge is 0.421 e. The highest BCUT2D eigenvalue weighted by atomic mass is 32.5. The van der Waals surface area contributed by atoms with Crippen LogP contribution in [0.5, 0.6) is 5.75 Å². The number of amides is 2. The number of urea groups is 1. The molecule has 0 bridgehead atoms. The maximum Gasteiger partial charge on any atom is 0.421 e. The molecule has 4 unspecified atom stereocenters.